The van der Waals surface area contributed by atoms with Crippen molar-refractivity contribution in [3.63, 3.8) is 0 Å². The van der Waals surface area contributed by atoms with E-state index in [2.05, 4.69) is 19.2 Å². The van der Waals surface area contributed by atoms with E-state index >= 15 is 0 Å². The first kappa shape index (κ1) is 12.9. The van der Waals surface area contributed by atoms with Crippen LogP contribution in [0.15, 0.2) is 10.8 Å². The average molecular weight is 246 g/mol. The molecule has 5 heteroatoms. The third-order valence-corrected chi connectivity index (χ3v) is 5.27. The van der Waals surface area contributed by atoms with Gasteiger partial charge in [-0.15, -0.1) is 23.5 Å². The van der Waals surface area contributed by atoms with Gasteiger partial charge in [0.2, 0.25) is 5.91 Å². The van der Waals surface area contributed by atoms with Gasteiger partial charge in [-0.05, 0) is 23.2 Å². The highest BCUT2D eigenvalue weighted by Gasteiger charge is 2.46. The van der Waals surface area contributed by atoms with Crippen LogP contribution in [0.3, 0.4) is 0 Å². The lowest BCUT2D eigenvalue weighted by atomic mass is 10.0. The second-order valence-electron chi connectivity index (χ2n) is 3.99. The fraction of sp³-hybridized carbons (Fsp3) is 0.700. The summed E-state index contributed by atoms with van der Waals surface area (Å²) in [5.41, 5.74) is 6.15. The van der Waals surface area contributed by atoms with Gasteiger partial charge in [-0.1, -0.05) is 13.8 Å². The van der Waals surface area contributed by atoms with Crippen LogP contribution in [-0.4, -0.2) is 23.1 Å². The summed E-state index contributed by atoms with van der Waals surface area (Å²) < 4.78 is -0.557. The van der Waals surface area contributed by atoms with Crippen LogP contribution in [0.25, 0.3) is 0 Å². The van der Waals surface area contributed by atoms with Gasteiger partial charge in [-0.3, -0.25) is 4.79 Å². The number of nitrogens with one attached hydrogen (secondary N) is 1. The lowest BCUT2D eigenvalue weighted by molar-refractivity contribution is -0.121. The van der Waals surface area contributed by atoms with Crippen molar-refractivity contribution in [2.75, 3.05) is 7.05 Å². The standard InChI is InChI=1S/C10H18N2OS2/c1-7(2)6-8(11)10(9(13)12-3)14-4-5-15-10/h4-5,7-8H,6,11H2,1-3H3,(H,12,13)/t8-/m0/s1. The van der Waals surface area contributed by atoms with E-state index in [1.54, 1.807) is 7.05 Å². The van der Waals surface area contributed by atoms with Crippen LogP contribution in [0.2, 0.25) is 0 Å². The molecular formula is C10H18N2OS2. The molecule has 0 radical (unpaired) electrons. The van der Waals surface area contributed by atoms with Gasteiger partial charge in [0, 0.05) is 13.1 Å². The molecule has 3 nitrogen and oxygen atoms in total. The van der Waals surface area contributed by atoms with E-state index in [0.717, 1.165) is 6.42 Å². The van der Waals surface area contributed by atoms with Gasteiger partial charge in [0.15, 0.2) is 4.08 Å². The Morgan fingerprint density at radius 3 is 2.40 bits per heavy atom. The van der Waals surface area contributed by atoms with Gasteiger partial charge in [-0.25, -0.2) is 0 Å². The number of nitrogens with two attached hydrogens (primary N) is 1. The maximum atomic E-state index is 11.9. The predicted molar refractivity (Wildman–Crippen MR) is 68.6 cm³/mol. The van der Waals surface area contributed by atoms with Crippen LogP contribution in [0.1, 0.15) is 20.3 Å². The highest BCUT2D eigenvalue weighted by molar-refractivity contribution is 8.24. The van der Waals surface area contributed by atoms with Gasteiger partial charge < -0.3 is 11.1 Å². The van der Waals surface area contributed by atoms with Gasteiger partial charge in [0.25, 0.3) is 0 Å². The SMILES string of the molecule is CNC(=O)C1([C@@H](N)CC(C)C)SC=CS1. The minimum Gasteiger partial charge on any atom is -0.357 e. The third kappa shape index (κ3) is 2.71. The van der Waals surface area contributed by atoms with Crippen LogP contribution in [-0.2, 0) is 4.79 Å². The van der Waals surface area contributed by atoms with Crippen LogP contribution < -0.4 is 11.1 Å². The van der Waals surface area contributed by atoms with Crippen molar-refractivity contribution in [1.29, 1.82) is 0 Å². The zero-order valence-electron chi connectivity index (χ0n) is 9.32. The van der Waals surface area contributed by atoms with Gasteiger partial charge in [0.05, 0.1) is 0 Å². The molecule has 1 amide bonds. The second kappa shape index (κ2) is 5.27. The zero-order valence-corrected chi connectivity index (χ0v) is 11.0. The largest absolute Gasteiger partial charge is 0.357 e. The summed E-state index contributed by atoms with van der Waals surface area (Å²) in [4.78, 5) is 11.9. The summed E-state index contributed by atoms with van der Waals surface area (Å²) >= 11 is 3.04. The summed E-state index contributed by atoms with van der Waals surface area (Å²) in [5.74, 6) is 0.513. The van der Waals surface area contributed by atoms with Gasteiger partial charge in [-0.2, -0.15) is 0 Å². The molecule has 0 aromatic rings. The molecule has 1 aliphatic heterocycles. The summed E-state index contributed by atoms with van der Waals surface area (Å²) in [6.45, 7) is 4.24. The Kier molecular flexibility index (Phi) is 4.55. The number of hydrogen-bond donors (Lipinski definition) is 2. The van der Waals surface area contributed by atoms with Crippen molar-refractivity contribution < 1.29 is 4.79 Å². The molecule has 1 heterocycles. The molecule has 15 heavy (non-hydrogen) atoms. The Bertz CT molecular complexity index is 258. The number of thioether (sulfide) groups is 2. The quantitative estimate of drug-likeness (QED) is 0.793. The van der Waals surface area contributed by atoms with E-state index in [9.17, 15) is 4.79 Å². The van der Waals surface area contributed by atoms with Crippen LogP contribution in [0.5, 0.6) is 0 Å². The van der Waals surface area contributed by atoms with Crippen LogP contribution in [0, 0.1) is 5.92 Å². The first-order valence-corrected chi connectivity index (χ1v) is 6.77. The van der Waals surface area contributed by atoms with Crippen molar-refractivity contribution in [2.24, 2.45) is 11.7 Å². The Balaban J connectivity index is 2.77. The zero-order chi connectivity index (χ0) is 11.5. The van der Waals surface area contributed by atoms with Crippen LogP contribution >= 0.6 is 23.5 Å². The molecule has 1 rings (SSSR count). The molecule has 0 aromatic carbocycles. The van der Waals surface area contributed by atoms with E-state index in [1.807, 2.05) is 10.8 Å². The average Bonchev–Trinajstić information content (AvgIpc) is 2.65. The van der Waals surface area contributed by atoms with Crippen LogP contribution in [0.4, 0.5) is 0 Å². The minimum absolute atomic E-state index is 0.00986. The highest BCUT2D eigenvalue weighted by Crippen LogP contribution is 2.48. The normalized spacial score (nSPS) is 20.6. The monoisotopic (exact) mass is 246 g/mol. The molecule has 0 unspecified atom stereocenters. The van der Waals surface area contributed by atoms with E-state index in [4.69, 9.17) is 5.73 Å². The van der Waals surface area contributed by atoms with E-state index < -0.39 is 4.08 Å². The molecule has 1 atom stereocenters. The Hall–Kier alpha value is -0.130. The van der Waals surface area contributed by atoms with Gasteiger partial charge in [0.1, 0.15) is 0 Å². The molecule has 86 valence electrons. The molecule has 0 bridgehead atoms. The molecule has 3 N–H and O–H groups in total. The molecule has 0 aromatic heterocycles. The number of rotatable bonds is 4. The maximum absolute atomic E-state index is 11.9. The molecular weight excluding hydrogens is 228 g/mol. The molecule has 0 aliphatic carbocycles. The maximum Gasteiger partial charge on any atom is 0.248 e. The highest BCUT2D eigenvalue weighted by atomic mass is 32.2. The number of carbonyl (C=O) groups excluding carboxylic acids is 1. The first-order chi connectivity index (χ1) is 7.03. The van der Waals surface area contributed by atoms with Crippen molar-refractivity contribution in [2.45, 2.75) is 30.4 Å². The van der Waals surface area contributed by atoms with Crippen molar-refractivity contribution in [3.8, 4) is 0 Å². The Labute approximate surface area is 99.6 Å². The Morgan fingerprint density at radius 1 is 1.47 bits per heavy atom. The van der Waals surface area contributed by atoms with Crippen molar-refractivity contribution in [1.82, 2.24) is 5.32 Å². The topological polar surface area (TPSA) is 55.1 Å². The summed E-state index contributed by atoms with van der Waals surface area (Å²) in [6.07, 6.45) is 0.856. The molecule has 0 saturated heterocycles. The summed E-state index contributed by atoms with van der Waals surface area (Å²) in [7, 11) is 1.66. The summed E-state index contributed by atoms with van der Waals surface area (Å²) in [6, 6.07) is -0.123. The Morgan fingerprint density at radius 2 is 2.00 bits per heavy atom. The van der Waals surface area contributed by atoms with Crippen molar-refractivity contribution in [3.05, 3.63) is 10.8 Å². The third-order valence-electron chi connectivity index (χ3n) is 2.30. The second-order valence-corrected chi connectivity index (χ2v) is 6.55. The molecule has 0 spiro atoms. The molecule has 0 fully saturated rings. The summed E-state index contributed by atoms with van der Waals surface area (Å²) in [5, 5.41) is 6.59. The molecule has 1 aliphatic rings. The number of hydrogen-bond acceptors (Lipinski definition) is 4. The number of amides is 1. The lowest BCUT2D eigenvalue weighted by Gasteiger charge is -2.32. The number of carbonyl (C=O) groups is 1. The first-order valence-electron chi connectivity index (χ1n) is 5.01. The van der Waals surface area contributed by atoms with E-state index in [-0.39, 0.29) is 11.9 Å². The smallest absolute Gasteiger partial charge is 0.248 e. The van der Waals surface area contributed by atoms with Crippen molar-refractivity contribution >= 4 is 29.4 Å². The fourth-order valence-electron chi connectivity index (χ4n) is 1.57. The minimum atomic E-state index is -0.557. The van der Waals surface area contributed by atoms with E-state index in [0.29, 0.717) is 5.92 Å². The molecule has 0 saturated carbocycles. The fourth-order valence-corrected chi connectivity index (χ4v) is 3.94. The predicted octanol–water partition coefficient (Wildman–Crippen LogP) is 1.75. The lowest BCUT2D eigenvalue weighted by Crippen LogP contribution is -2.52. The van der Waals surface area contributed by atoms with E-state index in [1.165, 1.54) is 23.5 Å². The van der Waals surface area contributed by atoms with Gasteiger partial charge >= 0.3 is 0 Å².